The molecule has 1 saturated carbocycles. The van der Waals surface area contributed by atoms with E-state index in [-0.39, 0.29) is 5.92 Å². The third kappa shape index (κ3) is 1.47. The summed E-state index contributed by atoms with van der Waals surface area (Å²) < 4.78 is 12.8. The number of hydrogen-bond donors (Lipinski definition) is 2. The fourth-order valence-electron chi connectivity index (χ4n) is 1.26. The molecule has 1 rings (SSSR count). The number of aliphatic hydroxyl groups is 1. The smallest absolute Gasteiger partial charge is 0.114 e. The normalized spacial score (nSPS) is 41.4. The van der Waals surface area contributed by atoms with Crippen molar-refractivity contribution in [1.29, 1.82) is 0 Å². The number of hydrogen-bond acceptors (Lipinski definition) is 2. The Morgan fingerprint density at radius 1 is 1.90 bits per heavy atom. The van der Waals surface area contributed by atoms with Gasteiger partial charge in [0.05, 0.1) is 6.10 Å². The Morgan fingerprint density at radius 2 is 2.40 bits per heavy atom. The number of likely N-dealkylation sites (N-methyl/N-ethyl adjacent to an activating group) is 1. The molecule has 1 fully saturated rings. The van der Waals surface area contributed by atoms with Crippen LogP contribution in [0.1, 0.15) is 13.3 Å². The molecule has 0 bridgehead atoms. The molecular formula is C7H14FNO. The Hall–Kier alpha value is -0.150. The lowest BCUT2D eigenvalue weighted by Crippen LogP contribution is -2.27. The SMILES string of the molecule is CNC[C@@H](O)[C@H]1C[C@]1(C)F. The highest BCUT2D eigenvalue weighted by molar-refractivity contribution is 5.04. The first kappa shape index (κ1) is 7.95. The van der Waals surface area contributed by atoms with Gasteiger partial charge in [0.1, 0.15) is 5.67 Å². The fourth-order valence-corrected chi connectivity index (χ4v) is 1.26. The van der Waals surface area contributed by atoms with Crippen molar-refractivity contribution in [1.82, 2.24) is 5.32 Å². The molecular weight excluding hydrogens is 133 g/mol. The molecule has 10 heavy (non-hydrogen) atoms. The summed E-state index contributed by atoms with van der Waals surface area (Å²) in [5, 5.41) is 12.0. The quantitative estimate of drug-likeness (QED) is 0.602. The molecule has 0 radical (unpaired) electrons. The molecule has 60 valence electrons. The zero-order valence-corrected chi connectivity index (χ0v) is 6.39. The number of nitrogens with one attached hydrogen (secondary N) is 1. The molecule has 0 unspecified atom stereocenters. The average molecular weight is 147 g/mol. The largest absolute Gasteiger partial charge is 0.391 e. The van der Waals surface area contributed by atoms with E-state index in [2.05, 4.69) is 5.32 Å². The van der Waals surface area contributed by atoms with Gasteiger partial charge in [-0.1, -0.05) is 0 Å². The molecule has 0 amide bonds. The van der Waals surface area contributed by atoms with Gasteiger partial charge in [-0.2, -0.15) is 0 Å². The van der Waals surface area contributed by atoms with Crippen LogP contribution in [-0.4, -0.2) is 30.5 Å². The molecule has 0 aromatic rings. The molecule has 1 aliphatic rings. The van der Waals surface area contributed by atoms with Gasteiger partial charge >= 0.3 is 0 Å². The van der Waals surface area contributed by atoms with Crippen LogP contribution in [0.15, 0.2) is 0 Å². The van der Waals surface area contributed by atoms with Gasteiger partial charge in [0.2, 0.25) is 0 Å². The number of alkyl halides is 1. The summed E-state index contributed by atoms with van der Waals surface area (Å²) in [7, 11) is 1.75. The zero-order chi connectivity index (χ0) is 7.78. The molecule has 0 saturated heterocycles. The number of aliphatic hydroxyl groups excluding tert-OH is 1. The molecule has 1 aliphatic carbocycles. The van der Waals surface area contributed by atoms with Crippen LogP contribution >= 0.6 is 0 Å². The third-order valence-corrected chi connectivity index (χ3v) is 2.11. The van der Waals surface area contributed by atoms with Crippen molar-refractivity contribution in [2.24, 2.45) is 5.92 Å². The van der Waals surface area contributed by atoms with Crippen LogP contribution in [-0.2, 0) is 0 Å². The van der Waals surface area contributed by atoms with Crippen LogP contribution in [0.5, 0.6) is 0 Å². The van der Waals surface area contributed by atoms with Gasteiger partial charge in [-0.3, -0.25) is 0 Å². The molecule has 3 heteroatoms. The third-order valence-electron chi connectivity index (χ3n) is 2.11. The summed E-state index contributed by atoms with van der Waals surface area (Å²) in [5.74, 6) is -0.139. The first-order valence-electron chi connectivity index (χ1n) is 3.59. The minimum atomic E-state index is -1.10. The standard InChI is InChI=1S/C7H14FNO/c1-7(8)3-5(7)6(10)4-9-2/h5-6,9-10H,3-4H2,1-2H3/t5-,6-,7+/m1/s1. The van der Waals surface area contributed by atoms with Gasteiger partial charge in [0, 0.05) is 12.5 Å². The summed E-state index contributed by atoms with van der Waals surface area (Å²) in [6.45, 7) is 2.03. The highest BCUT2D eigenvalue weighted by Crippen LogP contribution is 2.48. The van der Waals surface area contributed by atoms with E-state index in [1.807, 2.05) is 0 Å². The van der Waals surface area contributed by atoms with Gasteiger partial charge in [-0.15, -0.1) is 0 Å². The Bertz CT molecular complexity index is 127. The Labute approximate surface area is 60.4 Å². The maximum atomic E-state index is 12.8. The maximum Gasteiger partial charge on any atom is 0.114 e. The summed E-state index contributed by atoms with van der Waals surface area (Å²) in [6, 6.07) is 0. The Morgan fingerprint density at radius 3 is 2.70 bits per heavy atom. The van der Waals surface area contributed by atoms with Crippen molar-refractivity contribution < 1.29 is 9.50 Å². The maximum absolute atomic E-state index is 12.8. The van der Waals surface area contributed by atoms with Gasteiger partial charge < -0.3 is 10.4 Å². The minimum absolute atomic E-state index is 0.139. The monoisotopic (exact) mass is 147 g/mol. The first-order chi connectivity index (χ1) is 4.58. The van der Waals surface area contributed by atoms with Crippen LogP contribution in [0.3, 0.4) is 0 Å². The summed E-state index contributed by atoms with van der Waals surface area (Å²) in [4.78, 5) is 0. The summed E-state index contributed by atoms with van der Waals surface area (Å²) >= 11 is 0. The Balaban J connectivity index is 2.25. The van der Waals surface area contributed by atoms with Crippen molar-refractivity contribution >= 4 is 0 Å². The predicted molar refractivity (Wildman–Crippen MR) is 37.6 cm³/mol. The van der Waals surface area contributed by atoms with Crippen LogP contribution in [0.2, 0.25) is 0 Å². The van der Waals surface area contributed by atoms with Crippen molar-refractivity contribution in [3.8, 4) is 0 Å². The molecule has 0 heterocycles. The van der Waals surface area contributed by atoms with Gasteiger partial charge in [0.25, 0.3) is 0 Å². The minimum Gasteiger partial charge on any atom is -0.391 e. The molecule has 0 spiro atoms. The van der Waals surface area contributed by atoms with E-state index < -0.39 is 11.8 Å². The van der Waals surface area contributed by atoms with E-state index in [9.17, 15) is 9.50 Å². The van der Waals surface area contributed by atoms with E-state index >= 15 is 0 Å². The molecule has 0 aromatic carbocycles. The van der Waals surface area contributed by atoms with E-state index in [0.717, 1.165) is 0 Å². The van der Waals surface area contributed by atoms with Crippen LogP contribution < -0.4 is 5.32 Å². The lowest BCUT2D eigenvalue weighted by Gasteiger charge is -2.08. The van der Waals surface area contributed by atoms with Crippen LogP contribution in [0, 0.1) is 5.92 Å². The van der Waals surface area contributed by atoms with Crippen molar-refractivity contribution in [3.05, 3.63) is 0 Å². The van der Waals surface area contributed by atoms with E-state index in [1.165, 1.54) is 6.92 Å². The van der Waals surface area contributed by atoms with Crippen LogP contribution in [0.25, 0.3) is 0 Å². The molecule has 3 atom stereocenters. The molecule has 2 N–H and O–H groups in total. The lowest BCUT2D eigenvalue weighted by atomic mass is 10.2. The summed E-state index contributed by atoms with van der Waals surface area (Å²) in [5.41, 5.74) is -1.10. The number of rotatable bonds is 3. The highest BCUT2D eigenvalue weighted by atomic mass is 19.1. The van der Waals surface area contributed by atoms with Gasteiger partial charge in [-0.25, -0.2) is 4.39 Å². The molecule has 0 aromatic heterocycles. The molecule has 2 nitrogen and oxygen atoms in total. The van der Waals surface area contributed by atoms with Crippen molar-refractivity contribution in [3.63, 3.8) is 0 Å². The zero-order valence-electron chi connectivity index (χ0n) is 6.39. The average Bonchev–Trinajstić information content (AvgIpc) is 2.41. The lowest BCUT2D eigenvalue weighted by molar-refractivity contribution is 0.123. The van der Waals surface area contributed by atoms with Crippen molar-refractivity contribution in [2.45, 2.75) is 25.1 Å². The first-order valence-corrected chi connectivity index (χ1v) is 3.59. The second kappa shape index (κ2) is 2.47. The van der Waals surface area contributed by atoms with Gasteiger partial charge in [0.15, 0.2) is 0 Å². The highest BCUT2D eigenvalue weighted by Gasteiger charge is 2.54. The second-order valence-corrected chi connectivity index (χ2v) is 3.21. The van der Waals surface area contributed by atoms with E-state index in [1.54, 1.807) is 7.05 Å². The van der Waals surface area contributed by atoms with E-state index in [4.69, 9.17) is 0 Å². The second-order valence-electron chi connectivity index (χ2n) is 3.21. The number of halogens is 1. The summed E-state index contributed by atoms with van der Waals surface area (Å²) in [6.07, 6.45) is -0.00412. The van der Waals surface area contributed by atoms with Crippen molar-refractivity contribution in [2.75, 3.05) is 13.6 Å². The van der Waals surface area contributed by atoms with Gasteiger partial charge in [-0.05, 0) is 20.4 Å². The van der Waals surface area contributed by atoms with Crippen LogP contribution in [0.4, 0.5) is 4.39 Å². The Kier molecular flexibility index (Phi) is 1.97. The predicted octanol–water partition coefficient (Wildman–Crippen LogP) is 0.315. The fraction of sp³-hybridized carbons (Fsp3) is 1.00. The van der Waals surface area contributed by atoms with E-state index in [0.29, 0.717) is 13.0 Å². The topological polar surface area (TPSA) is 32.3 Å². The molecule has 0 aliphatic heterocycles.